The predicted molar refractivity (Wildman–Crippen MR) is 125 cm³/mol. The molecule has 0 fully saturated rings. The van der Waals surface area contributed by atoms with E-state index in [4.69, 9.17) is 9.51 Å². The monoisotopic (exact) mass is 511 g/mol. The number of guanidine groups is 1. The van der Waals surface area contributed by atoms with E-state index in [1.54, 1.807) is 18.4 Å². The number of hydrogen-bond acceptors (Lipinski definition) is 5. The Kier molecular flexibility index (Phi) is 8.91. The fourth-order valence-corrected chi connectivity index (χ4v) is 3.57. The summed E-state index contributed by atoms with van der Waals surface area (Å²) in [6, 6.07) is 10.2. The van der Waals surface area contributed by atoms with Crippen molar-refractivity contribution in [3.63, 3.8) is 0 Å². The molecule has 0 aliphatic carbocycles. The first kappa shape index (κ1) is 22.4. The maximum absolute atomic E-state index is 5.42. The summed E-state index contributed by atoms with van der Waals surface area (Å²) in [5, 5.41) is 13.9. The fourth-order valence-electron chi connectivity index (χ4n) is 2.82. The molecular weight excluding hydrogens is 485 g/mol. The lowest BCUT2D eigenvalue weighted by molar-refractivity contribution is 0.380. The number of aromatic nitrogens is 2. The Bertz CT molecular complexity index is 870. The number of thiazole rings is 1. The summed E-state index contributed by atoms with van der Waals surface area (Å²) < 4.78 is 5.42. The Balaban J connectivity index is 0.00000280. The molecule has 28 heavy (non-hydrogen) atoms. The highest BCUT2D eigenvalue weighted by atomic mass is 127. The number of nitrogens with one attached hydrogen (secondary N) is 2. The van der Waals surface area contributed by atoms with Crippen LogP contribution in [0.5, 0.6) is 0 Å². The van der Waals surface area contributed by atoms with Crippen molar-refractivity contribution in [2.45, 2.75) is 39.8 Å². The molecule has 6 nitrogen and oxygen atoms in total. The van der Waals surface area contributed by atoms with Crippen molar-refractivity contribution in [1.82, 2.24) is 20.8 Å². The lowest BCUT2D eigenvalue weighted by Crippen LogP contribution is -2.36. The van der Waals surface area contributed by atoms with Crippen LogP contribution in [0.2, 0.25) is 0 Å². The number of aliphatic imine (C=N–C) groups is 1. The quantitative estimate of drug-likeness (QED) is 0.279. The summed E-state index contributed by atoms with van der Waals surface area (Å²) in [6.45, 7) is 5.43. The van der Waals surface area contributed by atoms with Gasteiger partial charge in [-0.05, 0) is 6.42 Å². The van der Waals surface area contributed by atoms with Crippen LogP contribution < -0.4 is 10.6 Å². The number of hydrogen-bond donors (Lipinski definition) is 2. The number of rotatable bonds is 7. The van der Waals surface area contributed by atoms with Gasteiger partial charge in [-0.25, -0.2) is 4.98 Å². The van der Waals surface area contributed by atoms with Crippen LogP contribution in [0.25, 0.3) is 11.3 Å². The second-order valence-corrected chi connectivity index (χ2v) is 6.95. The van der Waals surface area contributed by atoms with Crippen LogP contribution >= 0.6 is 35.3 Å². The van der Waals surface area contributed by atoms with Gasteiger partial charge in [0.15, 0.2) is 5.96 Å². The largest absolute Gasteiger partial charge is 0.361 e. The van der Waals surface area contributed by atoms with E-state index in [2.05, 4.69) is 52.1 Å². The molecule has 0 atom stereocenters. The van der Waals surface area contributed by atoms with Crippen LogP contribution in [0.15, 0.2) is 45.2 Å². The van der Waals surface area contributed by atoms with E-state index >= 15 is 0 Å². The third kappa shape index (κ3) is 5.54. The molecule has 8 heteroatoms. The van der Waals surface area contributed by atoms with Crippen LogP contribution in [0.4, 0.5) is 0 Å². The molecule has 0 saturated carbocycles. The van der Waals surface area contributed by atoms with Crippen LogP contribution in [0.1, 0.15) is 35.9 Å². The molecule has 1 aromatic carbocycles. The van der Waals surface area contributed by atoms with E-state index in [-0.39, 0.29) is 24.0 Å². The fraction of sp³-hybridized carbons (Fsp3) is 0.350. The van der Waals surface area contributed by atoms with Crippen molar-refractivity contribution < 1.29 is 4.52 Å². The van der Waals surface area contributed by atoms with E-state index in [1.165, 1.54) is 0 Å². The molecular formula is C20H26IN5OS. The van der Waals surface area contributed by atoms with Gasteiger partial charge in [0.25, 0.3) is 0 Å². The molecule has 0 unspecified atom stereocenters. The van der Waals surface area contributed by atoms with E-state index in [9.17, 15) is 0 Å². The van der Waals surface area contributed by atoms with Crippen molar-refractivity contribution in [2.75, 3.05) is 7.05 Å². The number of benzene rings is 1. The van der Waals surface area contributed by atoms with E-state index in [0.29, 0.717) is 13.1 Å². The number of nitrogens with zero attached hydrogens (tertiary/aromatic N) is 3. The standard InChI is InChI=1S/C20H25N5OS.HI/c1-4-16-15(18(5-2)26-25-16)11-22-20(21-3)23-12-19-24-17(13-27-19)14-9-7-6-8-10-14;/h6-10,13H,4-5,11-12H2,1-3H3,(H2,21,22,23);1H. The first-order valence-corrected chi connectivity index (χ1v) is 10.0. The molecule has 0 bridgehead atoms. The van der Waals surface area contributed by atoms with Gasteiger partial charge in [-0.15, -0.1) is 35.3 Å². The van der Waals surface area contributed by atoms with Gasteiger partial charge in [-0.1, -0.05) is 49.3 Å². The minimum absolute atomic E-state index is 0. The average Bonchev–Trinajstić information content (AvgIpc) is 3.35. The summed E-state index contributed by atoms with van der Waals surface area (Å²) >= 11 is 1.64. The second kappa shape index (κ2) is 11.2. The normalized spacial score (nSPS) is 11.2. The van der Waals surface area contributed by atoms with Crippen molar-refractivity contribution in [1.29, 1.82) is 0 Å². The molecule has 0 amide bonds. The maximum Gasteiger partial charge on any atom is 0.191 e. The Morgan fingerprint density at radius 1 is 1.11 bits per heavy atom. The summed E-state index contributed by atoms with van der Waals surface area (Å²) in [6.07, 6.45) is 1.69. The smallest absolute Gasteiger partial charge is 0.191 e. The highest BCUT2D eigenvalue weighted by molar-refractivity contribution is 14.0. The predicted octanol–water partition coefficient (Wildman–Crippen LogP) is 4.41. The van der Waals surface area contributed by atoms with Crippen molar-refractivity contribution >= 4 is 41.3 Å². The van der Waals surface area contributed by atoms with Crippen molar-refractivity contribution in [2.24, 2.45) is 4.99 Å². The number of halogens is 1. The third-order valence-electron chi connectivity index (χ3n) is 4.29. The highest BCUT2D eigenvalue weighted by Crippen LogP contribution is 2.21. The molecule has 3 aromatic rings. The van der Waals surface area contributed by atoms with Gasteiger partial charge in [0.05, 0.1) is 17.9 Å². The zero-order valence-electron chi connectivity index (χ0n) is 16.4. The minimum Gasteiger partial charge on any atom is -0.361 e. The summed E-state index contributed by atoms with van der Waals surface area (Å²) in [5.41, 5.74) is 4.27. The minimum atomic E-state index is 0. The first-order valence-electron chi connectivity index (χ1n) is 9.15. The Labute approximate surface area is 186 Å². The average molecular weight is 511 g/mol. The molecule has 0 aliphatic heterocycles. The van der Waals surface area contributed by atoms with E-state index in [0.717, 1.165) is 52.1 Å². The van der Waals surface area contributed by atoms with Crippen LogP contribution in [0.3, 0.4) is 0 Å². The molecule has 0 radical (unpaired) electrons. The lowest BCUT2D eigenvalue weighted by Gasteiger charge is -2.11. The second-order valence-electron chi connectivity index (χ2n) is 6.01. The van der Waals surface area contributed by atoms with Gasteiger partial charge < -0.3 is 15.2 Å². The van der Waals surface area contributed by atoms with Gasteiger partial charge in [-0.3, -0.25) is 4.99 Å². The van der Waals surface area contributed by atoms with E-state index < -0.39 is 0 Å². The van der Waals surface area contributed by atoms with Gasteiger partial charge >= 0.3 is 0 Å². The third-order valence-corrected chi connectivity index (χ3v) is 5.14. The summed E-state index contributed by atoms with van der Waals surface area (Å²) in [5.74, 6) is 1.67. The molecule has 0 saturated heterocycles. The van der Waals surface area contributed by atoms with Crippen LogP contribution in [0, 0.1) is 0 Å². The van der Waals surface area contributed by atoms with Gasteiger partial charge in [0.1, 0.15) is 10.8 Å². The van der Waals surface area contributed by atoms with Gasteiger partial charge in [0.2, 0.25) is 0 Å². The van der Waals surface area contributed by atoms with Gasteiger partial charge in [-0.2, -0.15) is 0 Å². The maximum atomic E-state index is 5.42. The summed E-state index contributed by atoms with van der Waals surface area (Å²) in [7, 11) is 1.77. The molecule has 0 spiro atoms. The molecule has 150 valence electrons. The van der Waals surface area contributed by atoms with Gasteiger partial charge in [0, 0.05) is 36.5 Å². The number of aryl methyl sites for hydroxylation is 2. The Hall–Kier alpha value is -1.94. The Morgan fingerprint density at radius 2 is 1.86 bits per heavy atom. The molecule has 3 rings (SSSR count). The van der Waals surface area contributed by atoms with Crippen LogP contribution in [-0.2, 0) is 25.9 Å². The topological polar surface area (TPSA) is 75.3 Å². The SMILES string of the molecule is CCc1noc(CC)c1CNC(=NC)NCc1nc(-c2ccccc2)cs1.I. The lowest BCUT2D eigenvalue weighted by atomic mass is 10.1. The van der Waals surface area contributed by atoms with Crippen molar-refractivity contribution in [3.05, 3.63) is 57.7 Å². The van der Waals surface area contributed by atoms with Crippen LogP contribution in [-0.4, -0.2) is 23.1 Å². The zero-order chi connectivity index (χ0) is 19.1. The zero-order valence-corrected chi connectivity index (χ0v) is 19.5. The first-order chi connectivity index (χ1) is 13.2. The Morgan fingerprint density at radius 3 is 2.54 bits per heavy atom. The molecule has 0 aliphatic rings. The van der Waals surface area contributed by atoms with Crippen molar-refractivity contribution in [3.8, 4) is 11.3 Å². The molecule has 2 aromatic heterocycles. The summed E-state index contributed by atoms with van der Waals surface area (Å²) in [4.78, 5) is 9.00. The van der Waals surface area contributed by atoms with E-state index in [1.807, 2.05) is 18.2 Å². The molecule has 2 N–H and O–H groups in total. The highest BCUT2D eigenvalue weighted by Gasteiger charge is 2.13. The molecule has 2 heterocycles.